The maximum atomic E-state index is 13.4. The second kappa shape index (κ2) is 7.48. The molecular formula is C13H18BrFN2O. The average Bonchev–Trinajstić information content (AvgIpc) is 2.31. The van der Waals surface area contributed by atoms with E-state index in [0.29, 0.717) is 11.0 Å². The fourth-order valence-corrected chi connectivity index (χ4v) is 2.12. The highest BCUT2D eigenvalue weighted by molar-refractivity contribution is 9.10. The predicted octanol–water partition coefficient (Wildman–Crippen LogP) is 2.68. The Labute approximate surface area is 115 Å². The van der Waals surface area contributed by atoms with E-state index in [1.807, 2.05) is 11.0 Å². The van der Waals surface area contributed by atoms with Gasteiger partial charge < -0.3 is 5.73 Å². The lowest BCUT2D eigenvalue weighted by atomic mass is 10.2. The summed E-state index contributed by atoms with van der Waals surface area (Å²) in [5, 5.41) is 0. The normalized spacial score (nSPS) is 10.9. The maximum absolute atomic E-state index is 13.4. The Morgan fingerprint density at radius 3 is 2.83 bits per heavy atom. The number of primary amides is 1. The summed E-state index contributed by atoms with van der Waals surface area (Å²) in [6.45, 7) is 3.58. The molecule has 3 nitrogen and oxygen atoms in total. The van der Waals surface area contributed by atoms with E-state index in [-0.39, 0.29) is 18.3 Å². The number of hydrogen-bond donors (Lipinski definition) is 1. The number of unbranched alkanes of at least 4 members (excludes halogenated alkanes) is 1. The average molecular weight is 317 g/mol. The molecule has 1 aromatic carbocycles. The van der Waals surface area contributed by atoms with Crippen LogP contribution < -0.4 is 5.73 Å². The van der Waals surface area contributed by atoms with Crippen LogP contribution in [-0.4, -0.2) is 23.9 Å². The zero-order chi connectivity index (χ0) is 13.5. The fourth-order valence-electron chi connectivity index (χ4n) is 1.73. The van der Waals surface area contributed by atoms with E-state index in [1.165, 1.54) is 6.07 Å². The number of nitrogens with zero attached hydrogens (tertiary/aromatic N) is 1. The molecule has 2 N–H and O–H groups in total. The van der Waals surface area contributed by atoms with E-state index in [0.717, 1.165) is 24.9 Å². The third-order valence-corrected chi connectivity index (χ3v) is 3.52. The van der Waals surface area contributed by atoms with Crippen molar-refractivity contribution in [3.63, 3.8) is 0 Å². The van der Waals surface area contributed by atoms with Gasteiger partial charge in [0.1, 0.15) is 5.82 Å². The molecule has 0 heterocycles. The number of carbonyl (C=O) groups is 1. The molecule has 0 fully saturated rings. The van der Waals surface area contributed by atoms with E-state index < -0.39 is 0 Å². The SMILES string of the molecule is CCCCN(CC(N)=O)Cc1cccc(F)c1Br. The second-order valence-corrected chi connectivity index (χ2v) is 5.04. The minimum atomic E-state index is -0.362. The van der Waals surface area contributed by atoms with Crippen molar-refractivity contribution >= 4 is 21.8 Å². The van der Waals surface area contributed by atoms with Crippen molar-refractivity contribution in [3.05, 3.63) is 34.1 Å². The van der Waals surface area contributed by atoms with Crippen LogP contribution in [0.2, 0.25) is 0 Å². The minimum absolute atomic E-state index is 0.197. The zero-order valence-electron chi connectivity index (χ0n) is 10.5. The molecule has 1 aromatic rings. The highest BCUT2D eigenvalue weighted by Gasteiger charge is 2.12. The Hall–Kier alpha value is -0.940. The lowest BCUT2D eigenvalue weighted by Gasteiger charge is -2.21. The number of amides is 1. The Bertz CT molecular complexity index is 412. The first-order valence-electron chi connectivity index (χ1n) is 5.98. The molecule has 0 aliphatic heterocycles. The van der Waals surface area contributed by atoms with Crippen LogP contribution in [-0.2, 0) is 11.3 Å². The summed E-state index contributed by atoms with van der Waals surface area (Å²) in [6, 6.07) is 4.91. The van der Waals surface area contributed by atoms with Crippen molar-refractivity contribution in [3.8, 4) is 0 Å². The molecule has 100 valence electrons. The molecule has 0 aliphatic carbocycles. The van der Waals surface area contributed by atoms with E-state index in [9.17, 15) is 9.18 Å². The van der Waals surface area contributed by atoms with E-state index in [4.69, 9.17) is 5.73 Å². The molecule has 0 bridgehead atoms. The van der Waals surface area contributed by atoms with Gasteiger partial charge in [-0.25, -0.2) is 4.39 Å². The molecule has 0 spiro atoms. The van der Waals surface area contributed by atoms with Gasteiger partial charge in [-0.1, -0.05) is 25.5 Å². The van der Waals surface area contributed by atoms with Gasteiger partial charge in [-0.15, -0.1) is 0 Å². The van der Waals surface area contributed by atoms with Crippen LogP contribution in [0.1, 0.15) is 25.3 Å². The summed E-state index contributed by atoms with van der Waals surface area (Å²) >= 11 is 3.23. The smallest absolute Gasteiger partial charge is 0.231 e. The second-order valence-electron chi connectivity index (χ2n) is 4.24. The summed E-state index contributed by atoms with van der Waals surface area (Å²) < 4.78 is 13.8. The van der Waals surface area contributed by atoms with Gasteiger partial charge in [0.25, 0.3) is 0 Å². The van der Waals surface area contributed by atoms with E-state index in [1.54, 1.807) is 6.07 Å². The number of benzene rings is 1. The van der Waals surface area contributed by atoms with Crippen LogP contribution in [0, 0.1) is 5.82 Å². The van der Waals surface area contributed by atoms with Crippen molar-refractivity contribution in [1.82, 2.24) is 4.90 Å². The van der Waals surface area contributed by atoms with Gasteiger partial charge in [-0.05, 0) is 40.5 Å². The molecular weight excluding hydrogens is 299 g/mol. The number of hydrogen-bond acceptors (Lipinski definition) is 2. The van der Waals surface area contributed by atoms with Crippen molar-refractivity contribution in [2.24, 2.45) is 5.73 Å². The summed E-state index contributed by atoms with van der Waals surface area (Å²) in [5.74, 6) is -0.652. The molecule has 0 radical (unpaired) electrons. The molecule has 0 saturated carbocycles. The molecule has 0 saturated heterocycles. The number of rotatable bonds is 7. The molecule has 0 atom stereocenters. The Balaban J connectivity index is 2.75. The van der Waals surface area contributed by atoms with Crippen LogP contribution >= 0.6 is 15.9 Å². The lowest BCUT2D eigenvalue weighted by molar-refractivity contribution is -0.119. The van der Waals surface area contributed by atoms with Crippen LogP contribution in [0.15, 0.2) is 22.7 Å². The van der Waals surface area contributed by atoms with Crippen molar-refractivity contribution in [2.45, 2.75) is 26.3 Å². The van der Waals surface area contributed by atoms with Crippen LogP contribution in [0.25, 0.3) is 0 Å². The molecule has 5 heteroatoms. The number of halogens is 2. The summed E-state index contributed by atoms with van der Waals surface area (Å²) in [6.07, 6.45) is 2.03. The minimum Gasteiger partial charge on any atom is -0.369 e. The molecule has 0 aromatic heterocycles. The summed E-state index contributed by atoms with van der Waals surface area (Å²) in [5.41, 5.74) is 6.05. The first-order chi connectivity index (χ1) is 8.54. The lowest BCUT2D eigenvalue weighted by Crippen LogP contribution is -2.34. The molecule has 1 amide bonds. The van der Waals surface area contributed by atoms with E-state index >= 15 is 0 Å². The standard InChI is InChI=1S/C13H18BrFN2O/c1-2-3-7-17(9-12(16)18)8-10-5-4-6-11(15)13(10)14/h4-6H,2-3,7-9H2,1H3,(H2,16,18). The highest BCUT2D eigenvalue weighted by Crippen LogP contribution is 2.21. The summed E-state index contributed by atoms with van der Waals surface area (Å²) in [4.78, 5) is 12.9. The van der Waals surface area contributed by atoms with Crippen LogP contribution in [0.5, 0.6) is 0 Å². The van der Waals surface area contributed by atoms with Gasteiger partial charge in [-0.2, -0.15) is 0 Å². The van der Waals surface area contributed by atoms with Crippen molar-refractivity contribution in [1.29, 1.82) is 0 Å². The zero-order valence-corrected chi connectivity index (χ0v) is 12.0. The maximum Gasteiger partial charge on any atom is 0.231 e. The first-order valence-corrected chi connectivity index (χ1v) is 6.77. The number of nitrogens with two attached hydrogens (primary N) is 1. The largest absolute Gasteiger partial charge is 0.369 e. The third-order valence-electron chi connectivity index (χ3n) is 2.63. The van der Waals surface area contributed by atoms with Gasteiger partial charge in [0, 0.05) is 6.54 Å². The first kappa shape index (κ1) is 15.1. The summed E-state index contributed by atoms with van der Waals surface area (Å²) in [7, 11) is 0. The third kappa shape index (κ3) is 4.74. The van der Waals surface area contributed by atoms with Gasteiger partial charge in [-0.3, -0.25) is 9.69 Å². The van der Waals surface area contributed by atoms with Gasteiger partial charge >= 0.3 is 0 Å². The van der Waals surface area contributed by atoms with Gasteiger partial charge in [0.15, 0.2) is 0 Å². The van der Waals surface area contributed by atoms with E-state index in [2.05, 4.69) is 22.9 Å². The van der Waals surface area contributed by atoms with Gasteiger partial charge in [0.05, 0.1) is 11.0 Å². The van der Waals surface area contributed by atoms with Crippen molar-refractivity contribution < 1.29 is 9.18 Å². The molecule has 18 heavy (non-hydrogen) atoms. The fraction of sp³-hybridized carbons (Fsp3) is 0.462. The van der Waals surface area contributed by atoms with Crippen LogP contribution in [0.4, 0.5) is 4.39 Å². The Morgan fingerprint density at radius 1 is 1.50 bits per heavy atom. The molecule has 0 unspecified atom stereocenters. The molecule has 1 rings (SSSR count). The molecule has 0 aliphatic rings. The predicted molar refractivity (Wildman–Crippen MR) is 73.5 cm³/mol. The monoisotopic (exact) mass is 316 g/mol. The Kier molecular flexibility index (Phi) is 6.29. The quantitative estimate of drug-likeness (QED) is 0.840. The van der Waals surface area contributed by atoms with Crippen molar-refractivity contribution in [2.75, 3.05) is 13.1 Å². The number of carbonyl (C=O) groups excluding carboxylic acids is 1. The highest BCUT2D eigenvalue weighted by atomic mass is 79.9. The topological polar surface area (TPSA) is 46.3 Å². The Morgan fingerprint density at radius 2 is 2.22 bits per heavy atom. The van der Waals surface area contributed by atoms with Gasteiger partial charge in [0.2, 0.25) is 5.91 Å². The van der Waals surface area contributed by atoms with Crippen LogP contribution in [0.3, 0.4) is 0 Å².